The molecule has 114 valence electrons. The van der Waals surface area contributed by atoms with Crippen molar-refractivity contribution in [1.29, 1.82) is 0 Å². The van der Waals surface area contributed by atoms with Gasteiger partial charge in [-0.05, 0) is 39.0 Å². The van der Waals surface area contributed by atoms with Crippen molar-refractivity contribution in [3.05, 3.63) is 23.8 Å². The number of halogens is 1. The van der Waals surface area contributed by atoms with Crippen LogP contribution in [-0.4, -0.2) is 31.7 Å². The molecule has 0 saturated heterocycles. The van der Waals surface area contributed by atoms with E-state index in [1.54, 1.807) is 25.3 Å². The first-order chi connectivity index (χ1) is 8.97. The summed E-state index contributed by atoms with van der Waals surface area (Å²) >= 11 is 0. The standard InChI is InChI=1S/C14H22N2O3.ClH/c1-9(2)19-12-6-5-11(7-13(12)18-4)14(17)16-10(3)8-15;/h5-7,9-10H,8,15H2,1-4H3,(H,16,17);1H/t10-;/m0./s1. The van der Waals surface area contributed by atoms with Crippen molar-refractivity contribution in [2.45, 2.75) is 32.9 Å². The smallest absolute Gasteiger partial charge is 0.251 e. The monoisotopic (exact) mass is 302 g/mol. The maximum Gasteiger partial charge on any atom is 0.251 e. The molecule has 3 N–H and O–H groups in total. The number of methoxy groups -OCH3 is 1. The minimum atomic E-state index is -0.174. The number of nitrogens with two attached hydrogens (primary N) is 1. The largest absolute Gasteiger partial charge is 0.493 e. The Labute approximate surface area is 126 Å². The van der Waals surface area contributed by atoms with Crippen LogP contribution in [0.15, 0.2) is 18.2 Å². The van der Waals surface area contributed by atoms with Crippen LogP contribution in [0.3, 0.4) is 0 Å². The van der Waals surface area contributed by atoms with E-state index in [9.17, 15) is 4.79 Å². The first kappa shape index (κ1) is 18.5. The van der Waals surface area contributed by atoms with E-state index in [1.165, 1.54) is 0 Å². The lowest BCUT2D eigenvalue weighted by Gasteiger charge is -2.15. The zero-order chi connectivity index (χ0) is 14.4. The van der Waals surface area contributed by atoms with Crippen LogP contribution in [0.4, 0.5) is 0 Å². The molecule has 0 aliphatic rings. The van der Waals surface area contributed by atoms with Crippen LogP contribution in [0.25, 0.3) is 0 Å². The Morgan fingerprint density at radius 3 is 2.45 bits per heavy atom. The molecule has 0 aromatic heterocycles. The van der Waals surface area contributed by atoms with Crippen LogP contribution < -0.4 is 20.5 Å². The van der Waals surface area contributed by atoms with E-state index in [-0.39, 0.29) is 30.5 Å². The van der Waals surface area contributed by atoms with E-state index in [4.69, 9.17) is 15.2 Å². The number of carbonyl (C=O) groups is 1. The van der Waals surface area contributed by atoms with Gasteiger partial charge in [-0.25, -0.2) is 0 Å². The topological polar surface area (TPSA) is 73.6 Å². The van der Waals surface area contributed by atoms with E-state index >= 15 is 0 Å². The average Bonchev–Trinajstić information content (AvgIpc) is 2.38. The van der Waals surface area contributed by atoms with Gasteiger partial charge in [0.2, 0.25) is 0 Å². The van der Waals surface area contributed by atoms with Crippen LogP contribution in [0.1, 0.15) is 31.1 Å². The van der Waals surface area contributed by atoms with Crippen LogP contribution in [-0.2, 0) is 0 Å². The number of amides is 1. The Bertz CT molecular complexity index is 438. The van der Waals surface area contributed by atoms with Crippen LogP contribution in [0.2, 0.25) is 0 Å². The Morgan fingerprint density at radius 2 is 1.95 bits per heavy atom. The molecule has 1 amide bonds. The van der Waals surface area contributed by atoms with Crippen molar-refractivity contribution in [2.75, 3.05) is 13.7 Å². The lowest BCUT2D eigenvalue weighted by Crippen LogP contribution is -2.37. The van der Waals surface area contributed by atoms with Crippen LogP contribution in [0.5, 0.6) is 11.5 Å². The number of ether oxygens (including phenoxy) is 2. The van der Waals surface area contributed by atoms with Gasteiger partial charge in [-0.1, -0.05) is 0 Å². The molecule has 1 aromatic carbocycles. The summed E-state index contributed by atoms with van der Waals surface area (Å²) in [6.07, 6.45) is 0.0471. The van der Waals surface area contributed by atoms with Gasteiger partial charge in [0.15, 0.2) is 11.5 Å². The summed E-state index contributed by atoms with van der Waals surface area (Å²) in [5.41, 5.74) is 6.00. The van der Waals surface area contributed by atoms with Crippen molar-refractivity contribution in [1.82, 2.24) is 5.32 Å². The fraction of sp³-hybridized carbons (Fsp3) is 0.500. The SMILES string of the molecule is COc1cc(C(=O)N[C@@H](C)CN)ccc1OC(C)C.Cl. The third-order valence-electron chi connectivity index (χ3n) is 2.52. The molecule has 0 heterocycles. The summed E-state index contributed by atoms with van der Waals surface area (Å²) in [5.74, 6) is 0.995. The van der Waals surface area contributed by atoms with E-state index in [1.807, 2.05) is 20.8 Å². The molecular formula is C14H23ClN2O3. The van der Waals surface area contributed by atoms with Crippen molar-refractivity contribution < 1.29 is 14.3 Å². The minimum absolute atomic E-state index is 0. The van der Waals surface area contributed by atoms with Crippen molar-refractivity contribution in [2.24, 2.45) is 5.73 Å². The molecule has 0 radical (unpaired) electrons. The summed E-state index contributed by atoms with van der Waals surface area (Å²) in [6, 6.07) is 5.04. The normalized spacial score (nSPS) is 11.5. The average molecular weight is 303 g/mol. The van der Waals surface area contributed by atoms with E-state index in [2.05, 4.69) is 5.32 Å². The maximum atomic E-state index is 12.0. The third kappa shape index (κ3) is 5.27. The summed E-state index contributed by atoms with van der Waals surface area (Å²) in [6.45, 7) is 6.12. The molecule has 0 fully saturated rings. The maximum absolute atomic E-state index is 12.0. The molecule has 20 heavy (non-hydrogen) atoms. The van der Waals surface area contributed by atoms with Crippen LogP contribution >= 0.6 is 12.4 Å². The van der Waals surface area contributed by atoms with Gasteiger partial charge in [0, 0.05) is 18.2 Å². The molecular weight excluding hydrogens is 280 g/mol. The quantitative estimate of drug-likeness (QED) is 0.843. The third-order valence-corrected chi connectivity index (χ3v) is 2.52. The number of benzene rings is 1. The van der Waals surface area contributed by atoms with Crippen LogP contribution in [0, 0.1) is 0 Å². The number of nitrogens with one attached hydrogen (secondary N) is 1. The molecule has 6 heteroatoms. The van der Waals surface area contributed by atoms with Gasteiger partial charge in [-0.15, -0.1) is 12.4 Å². The molecule has 1 rings (SSSR count). The van der Waals surface area contributed by atoms with Gasteiger partial charge in [0.25, 0.3) is 5.91 Å². The second kappa shape index (κ2) is 8.66. The minimum Gasteiger partial charge on any atom is -0.493 e. The van der Waals surface area contributed by atoms with E-state index in [0.29, 0.717) is 23.6 Å². The second-order valence-electron chi connectivity index (χ2n) is 4.64. The summed E-state index contributed by atoms with van der Waals surface area (Å²) in [7, 11) is 1.55. The Hall–Kier alpha value is -1.46. The number of hydrogen-bond donors (Lipinski definition) is 2. The van der Waals surface area contributed by atoms with Gasteiger partial charge in [0.05, 0.1) is 13.2 Å². The highest BCUT2D eigenvalue weighted by molar-refractivity contribution is 5.95. The molecule has 0 bridgehead atoms. The zero-order valence-electron chi connectivity index (χ0n) is 12.3. The van der Waals surface area contributed by atoms with Gasteiger partial charge in [-0.2, -0.15) is 0 Å². The summed E-state index contributed by atoms with van der Waals surface area (Å²) in [4.78, 5) is 12.0. The fourth-order valence-corrected chi connectivity index (χ4v) is 1.53. The summed E-state index contributed by atoms with van der Waals surface area (Å²) in [5, 5.41) is 2.80. The van der Waals surface area contributed by atoms with Gasteiger partial charge in [-0.3, -0.25) is 4.79 Å². The van der Waals surface area contributed by atoms with E-state index in [0.717, 1.165) is 0 Å². The molecule has 0 spiro atoms. The molecule has 0 aliphatic heterocycles. The van der Waals surface area contributed by atoms with Gasteiger partial charge >= 0.3 is 0 Å². The van der Waals surface area contributed by atoms with Crippen molar-refractivity contribution in [3.63, 3.8) is 0 Å². The molecule has 5 nitrogen and oxygen atoms in total. The first-order valence-corrected chi connectivity index (χ1v) is 6.33. The first-order valence-electron chi connectivity index (χ1n) is 6.33. The van der Waals surface area contributed by atoms with E-state index < -0.39 is 0 Å². The highest BCUT2D eigenvalue weighted by Gasteiger charge is 2.13. The molecule has 0 unspecified atom stereocenters. The second-order valence-corrected chi connectivity index (χ2v) is 4.64. The fourth-order valence-electron chi connectivity index (χ4n) is 1.53. The Kier molecular flexibility index (Phi) is 8.03. The highest BCUT2D eigenvalue weighted by Crippen LogP contribution is 2.28. The number of carbonyl (C=O) groups excluding carboxylic acids is 1. The Morgan fingerprint density at radius 1 is 1.30 bits per heavy atom. The number of rotatable bonds is 6. The lowest BCUT2D eigenvalue weighted by atomic mass is 10.1. The number of hydrogen-bond acceptors (Lipinski definition) is 4. The highest BCUT2D eigenvalue weighted by atomic mass is 35.5. The van der Waals surface area contributed by atoms with Crippen molar-refractivity contribution in [3.8, 4) is 11.5 Å². The molecule has 0 saturated carbocycles. The predicted molar refractivity (Wildman–Crippen MR) is 82.0 cm³/mol. The molecule has 1 atom stereocenters. The molecule has 1 aromatic rings. The summed E-state index contributed by atoms with van der Waals surface area (Å²) < 4.78 is 10.8. The van der Waals surface area contributed by atoms with Crippen molar-refractivity contribution >= 4 is 18.3 Å². The lowest BCUT2D eigenvalue weighted by molar-refractivity contribution is 0.0941. The molecule has 0 aliphatic carbocycles. The Balaban J connectivity index is 0.00000361. The van der Waals surface area contributed by atoms with Gasteiger partial charge in [0.1, 0.15) is 0 Å². The predicted octanol–water partition coefficient (Wildman–Crippen LogP) is 1.98. The van der Waals surface area contributed by atoms with Gasteiger partial charge < -0.3 is 20.5 Å². The zero-order valence-corrected chi connectivity index (χ0v) is 13.1.